The molecular weight excluding hydrogens is 458 g/mol. The largest absolute Gasteiger partial charge is 0.390 e. The van der Waals surface area contributed by atoms with E-state index in [-0.39, 0.29) is 24.0 Å². The number of amidine groups is 1. The molecular formula is C26H28F2N2O3S. The molecule has 4 rings (SSSR count). The van der Waals surface area contributed by atoms with E-state index in [0.717, 1.165) is 11.6 Å². The highest BCUT2D eigenvalue weighted by molar-refractivity contribution is 8.13. The first-order valence-corrected chi connectivity index (χ1v) is 12.3. The van der Waals surface area contributed by atoms with Crippen molar-refractivity contribution in [1.82, 2.24) is 5.32 Å². The van der Waals surface area contributed by atoms with Gasteiger partial charge in [0.1, 0.15) is 17.2 Å². The third-order valence-electron chi connectivity index (χ3n) is 6.38. The summed E-state index contributed by atoms with van der Waals surface area (Å²) in [5.41, 5.74) is 0.553. The number of ether oxygens (including phenoxy) is 1. The number of nitrogens with zero attached hydrogens (tertiary/aromatic N) is 1. The summed E-state index contributed by atoms with van der Waals surface area (Å²) >= 11 is 1.38. The van der Waals surface area contributed by atoms with Crippen molar-refractivity contribution in [2.24, 2.45) is 10.9 Å². The normalized spacial score (nSPS) is 25.1. The summed E-state index contributed by atoms with van der Waals surface area (Å²) in [7, 11) is 0. The van der Waals surface area contributed by atoms with E-state index < -0.39 is 29.4 Å². The highest BCUT2D eigenvalue weighted by Gasteiger charge is 2.50. The molecule has 0 radical (unpaired) electrons. The van der Waals surface area contributed by atoms with E-state index in [0.29, 0.717) is 35.7 Å². The van der Waals surface area contributed by atoms with Crippen LogP contribution in [-0.4, -0.2) is 40.7 Å². The summed E-state index contributed by atoms with van der Waals surface area (Å²) in [6.07, 6.45) is 0.578. The van der Waals surface area contributed by atoms with E-state index in [1.165, 1.54) is 23.9 Å². The van der Waals surface area contributed by atoms with E-state index >= 15 is 4.39 Å². The molecule has 0 bridgehead atoms. The van der Waals surface area contributed by atoms with Crippen molar-refractivity contribution in [3.8, 4) is 0 Å². The summed E-state index contributed by atoms with van der Waals surface area (Å²) in [6, 6.07) is 12.2. The van der Waals surface area contributed by atoms with E-state index in [9.17, 15) is 14.3 Å². The van der Waals surface area contributed by atoms with Crippen molar-refractivity contribution >= 4 is 22.8 Å². The van der Waals surface area contributed by atoms with Gasteiger partial charge in [-0.15, -0.1) is 6.58 Å². The Morgan fingerprint density at radius 3 is 2.79 bits per heavy atom. The zero-order valence-electron chi connectivity index (χ0n) is 19.0. The predicted molar refractivity (Wildman–Crippen MR) is 130 cm³/mol. The van der Waals surface area contributed by atoms with Gasteiger partial charge >= 0.3 is 0 Å². The molecule has 180 valence electrons. The number of aliphatic hydroxyl groups excluding tert-OH is 1. The van der Waals surface area contributed by atoms with Crippen LogP contribution in [0.15, 0.2) is 65.7 Å². The molecule has 0 spiro atoms. The third-order valence-corrected chi connectivity index (χ3v) is 7.42. The Bertz CT molecular complexity index is 1090. The SMILES string of the molecule is C=C(C)CCC(O)[C@H]1C[C@H]2CSC(NC(=O)c3ccccc3)=N[C@@]2(c2ccc(F)cc2F)CO1. The summed E-state index contributed by atoms with van der Waals surface area (Å²) in [5, 5.41) is 13.8. The van der Waals surface area contributed by atoms with Crippen LogP contribution in [0.2, 0.25) is 0 Å². The molecule has 0 saturated carbocycles. The van der Waals surface area contributed by atoms with Gasteiger partial charge in [0.05, 0.1) is 18.8 Å². The Balaban J connectivity index is 1.63. The molecule has 2 heterocycles. The van der Waals surface area contributed by atoms with Gasteiger partial charge < -0.3 is 15.2 Å². The number of rotatable bonds is 6. The Hall–Kier alpha value is -2.55. The molecule has 8 heteroatoms. The standard InChI is InChI=1S/C26H28F2N2O3S/c1-16(2)8-11-22(31)23-12-18-14-34-25(29-24(32)17-6-4-3-5-7-17)30-26(18,15-33-23)20-10-9-19(27)13-21(20)28/h3-7,9-10,13,18,22-23,31H,1,8,11-12,14-15H2,2H3,(H,29,30,32)/t18-,22?,23+,26-/m0/s1. The van der Waals surface area contributed by atoms with E-state index in [2.05, 4.69) is 11.9 Å². The number of benzene rings is 2. The maximum atomic E-state index is 15.0. The highest BCUT2D eigenvalue weighted by Crippen LogP contribution is 2.47. The second-order valence-corrected chi connectivity index (χ2v) is 9.95. The Morgan fingerprint density at radius 1 is 1.32 bits per heavy atom. The average molecular weight is 487 g/mol. The second-order valence-electron chi connectivity index (χ2n) is 8.94. The average Bonchev–Trinajstić information content (AvgIpc) is 2.82. The zero-order chi connectivity index (χ0) is 24.3. The first kappa shape index (κ1) is 24.6. The topological polar surface area (TPSA) is 70.9 Å². The van der Waals surface area contributed by atoms with Crippen LogP contribution in [0.25, 0.3) is 0 Å². The fraction of sp³-hybridized carbons (Fsp3) is 0.385. The molecule has 2 aliphatic heterocycles. The van der Waals surface area contributed by atoms with Gasteiger partial charge in [0.2, 0.25) is 0 Å². The minimum atomic E-state index is -1.13. The Kier molecular flexibility index (Phi) is 7.50. The molecule has 5 nitrogen and oxygen atoms in total. The Labute approximate surface area is 202 Å². The maximum absolute atomic E-state index is 15.0. The van der Waals surface area contributed by atoms with Crippen LogP contribution in [0.1, 0.15) is 42.1 Å². The van der Waals surface area contributed by atoms with Crippen LogP contribution in [-0.2, 0) is 10.3 Å². The number of aliphatic hydroxyl groups is 1. The monoisotopic (exact) mass is 486 g/mol. The van der Waals surface area contributed by atoms with Gasteiger partial charge in [0.25, 0.3) is 5.91 Å². The molecule has 2 N–H and O–H groups in total. The highest BCUT2D eigenvalue weighted by atomic mass is 32.2. The number of carbonyl (C=O) groups excluding carboxylic acids is 1. The van der Waals surface area contributed by atoms with E-state index in [4.69, 9.17) is 9.73 Å². The number of hydrogen-bond acceptors (Lipinski definition) is 5. The fourth-order valence-electron chi connectivity index (χ4n) is 4.49. The van der Waals surface area contributed by atoms with Gasteiger partial charge in [-0.1, -0.05) is 41.6 Å². The number of carbonyl (C=O) groups is 1. The quantitative estimate of drug-likeness (QED) is 0.575. The van der Waals surface area contributed by atoms with E-state index in [1.807, 2.05) is 13.0 Å². The Morgan fingerprint density at radius 2 is 2.09 bits per heavy atom. The van der Waals surface area contributed by atoms with Crippen molar-refractivity contribution < 1.29 is 23.4 Å². The first-order chi connectivity index (χ1) is 16.3. The minimum Gasteiger partial charge on any atom is -0.390 e. The molecule has 2 aromatic carbocycles. The summed E-state index contributed by atoms with van der Waals surface area (Å²) < 4.78 is 34.7. The lowest BCUT2D eigenvalue weighted by atomic mass is 9.74. The number of amides is 1. The number of allylic oxidation sites excluding steroid dienone is 1. The smallest absolute Gasteiger partial charge is 0.257 e. The summed E-state index contributed by atoms with van der Waals surface area (Å²) in [5.74, 6) is -1.33. The number of aliphatic imine (C=N–C) groups is 1. The lowest BCUT2D eigenvalue weighted by Gasteiger charge is -2.47. The van der Waals surface area contributed by atoms with Crippen LogP contribution in [0, 0.1) is 17.6 Å². The lowest BCUT2D eigenvalue weighted by molar-refractivity contribution is -0.110. The van der Waals surface area contributed by atoms with Crippen molar-refractivity contribution in [2.45, 2.75) is 43.9 Å². The third kappa shape index (κ3) is 5.24. The molecule has 1 amide bonds. The number of halogens is 2. The predicted octanol–water partition coefficient (Wildman–Crippen LogP) is 4.82. The fourth-order valence-corrected chi connectivity index (χ4v) is 5.65. The van der Waals surface area contributed by atoms with Crippen molar-refractivity contribution in [2.75, 3.05) is 12.4 Å². The van der Waals surface area contributed by atoms with Gasteiger partial charge in [-0.2, -0.15) is 0 Å². The molecule has 34 heavy (non-hydrogen) atoms. The van der Waals surface area contributed by atoms with Crippen LogP contribution >= 0.6 is 11.8 Å². The number of nitrogens with one attached hydrogen (secondary N) is 1. The van der Waals surface area contributed by atoms with Crippen LogP contribution in [0.3, 0.4) is 0 Å². The summed E-state index contributed by atoms with van der Waals surface area (Å²) in [6.45, 7) is 5.80. The maximum Gasteiger partial charge on any atom is 0.257 e. The van der Waals surface area contributed by atoms with Gasteiger partial charge in [-0.25, -0.2) is 13.8 Å². The van der Waals surface area contributed by atoms with Gasteiger partial charge in [0.15, 0.2) is 5.17 Å². The van der Waals surface area contributed by atoms with Crippen molar-refractivity contribution in [1.29, 1.82) is 0 Å². The van der Waals surface area contributed by atoms with Gasteiger partial charge in [0, 0.05) is 28.9 Å². The summed E-state index contributed by atoms with van der Waals surface area (Å²) in [4.78, 5) is 17.5. The van der Waals surface area contributed by atoms with Crippen LogP contribution in [0.4, 0.5) is 8.78 Å². The molecule has 1 unspecified atom stereocenters. The molecule has 0 aromatic heterocycles. The minimum absolute atomic E-state index is 0.0142. The second kappa shape index (κ2) is 10.4. The number of fused-ring (bicyclic) bond motifs is 1. The lowest BCUT2D eigenvalue weighted by Crippen LogP contribution is -2.53. The van der Waals surface area contributed by atoms with Crippen molar-refractivity contribution in [3.63, 3.8) is 0 Å². The molecule has 1 fully saturated rings. The van der Waals surface area contributed by atoms with Crippen LogP contribution in [0.5, 0.6) is 0 Å². The molecule has 2 aliphatic rings. The number of thioether (sulfide) groups is 1. The zero-order valence-corrected chi connectivity index (χ0v) is 19.8. The van der Waals surface area contributed by atoms with E-state index in [1.54, 1.807) is 24.3 Å². The molecule has 1 saturated heterocycles. The van der Waals surface area contributed by atoms with Crippen LogP contribution < -0.4 is 5.32 Å². The first-order valence-electron chi connectivity index (χ1n) is 11.3. The molecule has 0 aliphatic carbocycles. The van der Waals surface area contributed by atoms with Gasteiger partial charge in [-0.05, 0) is 44.4 Å². The molecule has 4 atom stereocenters. The van der Waals surface area contributed by atoms with Gasteiger partial charge in [-0.3, -0.25) is 4.79 Å². The van der Waals surface area contributed by atoms with Crippen molar-refractivity contribution in [3.05, 3.63) is 83.4 Å². The number of hydrogen-bond donors (Lipinski definition) is 2. The molecule has 2 aromatic rings.